The Morgan fingerprint density at radius 3 is 2.56 bits per heavy atom. The van der Waals surface area contributed by atoms with Gasteiger partial charge in [-0.2, -0.15) is 0 Å². The summed E-state index contributed by atoms with van der Waals surface area (Å²) in [5.41, 5.74) is -1.56. The van der Waals surface area contributed by atoms with Crippen LogP contribution in [0.4, 0.5) is 13.2 Å². The average molecular weight is 229 g/mol. The maximum atomic E-state index is 13.9. The van der Waals surface area contributed by atoms with E-state index in [-0.39, 0.29) is 12.0 Å². The van der Waals surface area contributed by atoms with Crippen molar-refractivity contribution in [3.63, 3.8) is 0 Å². The first-order valence-corrected chi connectivity index (χ1v) is 5.35. The Labute approximate surface area is 92.7 Å². The molecule has 1 N–H and O–H groups in total. The normalized spacial score (nSPS) is 29.0. The van der Waals surface area contributed by atoms with E-state index in [1.165, 1.54) is 25.1 Å². The van der Waals surface area contributed by atoms with Gasteiger partial charge in [-0.1, -0.05) is 18.2 Å². The molecule has 0 amide bonds. The molecule has 4 heteroatoms. The molecule has 88 valence electrons. The van der Waals surface area contributed by atoms with Crippen LogP contribution in [0.1, 0.15) is 25.3 Å². The van der Waals surface area contributed by atoms with Crippen LogP contribution >= 0.6 is 0 Å². The molecule has 1 aliphatic rings. The lowest BCUT2D eigenvalue weighted by Gasteiger charge is -2.42. The van der Waals surface area contributed by atoms with E-state index in [0.717, 1.165) is 0 Å². The van der Waals surface area contributed by atoms with E-state index in [1.54, 1.807) is 6.07 Å². The number of hydrogen-bond donors (Lipinski definition) is 1. The Morgan fingerprint density at radius 1 is 1.25 bits per heavy atom. The molecule has 1 heterocycles. The molecule has 0 bridgehead atoms. The van der Waals surface area contributed by atoms with Crippen LogP contribution in [0.5, 0.6) is 0 Å². The van der Waals surface area contributed by atoms with Gasteiger partial charge in [0, 0.05) is 12.0 Å². The summed E-state index contributed by atoms with van der Waals surface area (Å²) in [4.78, 5) is 0. The van der Waals surface area contributed by atoms with Crippen LogP contribution in [-0.2, 0) is 5.54 Å². The lowest BCUT2D eigenvalue weighted by atomic mass is 9.80. The summed E-state index contributed by atoms with van der Waals surface area (Å²) in [6.45, 7) is 1.85. The Hall–Kier alpha value is -1.03. The van der Waals surface area contributed by atoms with Gasteiger partial charge in [-0.15, -0.1) is 0 Å². The standard InChI is InChI=1S/C12H14F3N/c1-11(9-5-2-3-6-10(9)13)12(14,15)7-4-8-16-11/h2-3,5-6,16H,4,7-8H2,1H3. The number of nitrogens with one attached hydrogen (secondary N) is 1. The van der Waals surface area contributed by atoms with E-state index in [1.807, 2.05) is 0 Å². The van der Waals surface area contributed by atoms with Crippen molar-refractivity contribution in [3.8, 4) is 0 Å². The fraction of sp³-hybridized carbons (Fsp3) is 0.500. The fourth-order valence-electron chi connectivity index (χ4n) is 2.19. The zero-order chi connectivity index (χ0) is 11.8. The maximum Gasteiger partial charge on any atom is 0.269 e. The lowest BCUT2D eigenvalue weighted by Crippen LogP contribution is -2.57. The van der Waals surface area contributed by atoms with Gasteiger partial charge in [-0.3, -0.25) is 0 Å². The van der Waals surface area contributed by atoms with Crippen LogP contribution in [0.15, 0.2) is 24.3 Å². The highest BCUT2D eigenvalue weighted by atomic mass is 19.3. The first-order chi connectivity index (χ1) is 7.47. The van der Waals surface area contributed by atoms with Gasteiger partial charge in [0.25, 0.3) is 5.92 Å². The zero-order valence-electron chi connectivity index (χ0n) is 9.06. The number of alkyl halides is 2. The topological polar surface area (TPSA) is 12.0 Å². The Bertz CT molecular complexity index is 392. The summed E-state index contributed by atoms with van der Waals surface area (Å²) in [6, 6.07) is 5.72. The predicted molar refractivity (Wildman–Crippen MR) is 55.9 cm³/mol. The van der Waals surface area contributed by atoms with Gasteiger partial charge in [0.2, 0.25) is 0 Å². The second-order valence-corrected chi connectivity index (χ2v) is 4.34. The third-order valence-electron chi connectivity index (χ3n) is 3.29. The van der Waals surface area contributed by atoms with E-state index in [2.05, 4.69) is 5.32 Å². The van der Waals surface area contributed by atoms with E-state index in [9.17, 15) is 13.2 Å². The summed E-state index contributed by atoms with van der Waals surface area (Å²) in [5, 5.41) is 2.75. The Balaban J connectivity index is 2.48. The maximum absolute atomic E-state index is 13.9. The second-order valence-electron chi connectivity index (χ2n) is 4.34. The van der Waals surface area contributed by atoms with Crippen LogP contribution in [0.3, 0.4) is 0 Å². The minimum Gasteiger partial charge on any atom is -0.303 e. The van der Waals surface area contributed by atoms with Crippen molar-refractivity contribution in [1.29, 1.82) is 0 Å². The number of rotatable bonds is 1. The monoisotopic (exact) mass is 229 g/mol. The summed E-state index contributed by atoms with van der Waals surface area (Å²) < 4.78 is 41.4. The van der Waals surface area contributed by atoms with E-state index in [0.29, 0.717) is 13.0 Å². The highest BCUT2D eigenvalue weighted by Gasteiger charge is 2.53. The molecule has 16 heavy (non-hydrogen) atoms. The molecular formula is C12H14F3N. The highest BCUT2D eigenvalue weighted by molar-refractivity contribution is 5.29. The SMILES string of the molecule is CC1(c2ccccc2F)NCCCC1(F)F. The molecule has 1 aromatic carbocycles. The number of hydrogen-bond acceptors (Lipinski definition) is 1. The second kappa shape index (κ2) is 3.77. The summed E-state index contributed by atoms with van der Waals surface area (Å²) in [5.74, 6) is -3.51. The number of piperidine rings is 1. The van der Waals surface area contributed by atoms with Crippen LogP contribution in [-0.4, -0.2) is 12.5 Å². The van der Waals surface area contributed by atoms with Crippen molar-refractivity contribution >= 4 is 0 Å². The molecule has 1 aromatic rings. The van der Waals surface area contributed by atoms with Crippen molar-refractivity contribution in [1.82, 2.24) is 5.32 Å². The number of benzene rings is 1. The summed E-state index contributed by atoms with van der Waals surface area (Å²) in [7, 11) is 0. The van der Waals surface area contributed by atoms with Gasteiger partial charge in [0.1, 0.15) is 11.4 Å². The van der Waals surface area contributed by atoms with Crippen molar-refractivity contribution in [2.45, 2.75) is 31.2 Å². The van der Waals surface area contributed by atoms with Gasteiger partial charge in [0.15, 0.2) is 0 Å². The average Bonchev–Trinajstić information content (AvgIpc) is 2.23. The molecule has 1 fully saturated rings. The van der Waals surface area contributed by atoms with Gasteiger partial charge in [0.05, 0.1) is 0 Å². The molecule has 2 rings (SSSR count). The first-order valence-electron chi connectivity index (χ1n) is 5.35. The molecule has 0 radical (unpaired) electrons. The van der Waals surface area contributed by atoms with Crippen molar-refractivity contribution in [2.75, 3.05) is 6.54 Å². The minimum absolute atomic E-state index is 0.0414. The van der Waals surface area contributed by atoms with Crippen LogP contribution in [0.2, 0.25) is 0 Å². The van der Waals surface area contributed by atoms with Crippen molar-refractivity contribution in [2.24, 2.45) is 0 Å². The minimum atomic E-state index is -2.92. The van der Waals surface area contributed by atoms with E-state index >= 15 is 0 Å². The van der Waals surface area contributed by atoms with Crippen LogP contribution in [0.25, 0.3) is 0 Å². The molecule has 1 atom stereocenters. The Kier molecular flexibility index (Phi) is 2.70. The quantitative estimate of drug-likeness (QED) is 0.780. The largest absolute Gasteiger partial charge is 0.303 e. The predicted octanol–water partition coefficient (Wildman–Crippen LogP) is 3.06. The smallest absolute Gasteiger partial charge is 0.269 e. The lowest BCUT2D eigenvalue weighted by molar-refractivity contribution is -0.111. The zero-order valence-corrected chi connectivity index (χ0v) is 9.06. The molecule has 0 aromatic heterocycles. The molecule has 1 aliphatic heterocycles. The molecule has 0 aliphatic carbocycles. The molecule has 0 saturated carbocycles. The van der Waals surface area contributed by atoms with E-state index in [4.69, 9.17) is 0 Å². The van der Waals surface area contributed by atoms with Gasteiger partial charge >= 0.3 is 0 Å². The van der Waals surface area contributed by atoms with Gasteiger partial charge in [-0.05, 0) is 26.0 Å². The van der Waals surface area contributed by atoms with Crippen LogP contribution < -0.4 is 5.32 Å². The van der Waals surface area contributed by atoms with Crippen molar-refractivity contribution < 1.29 is 13.2 Å². The fourth-order valence-corrected chi connectivity index (χ4v) is 2.19. The Morgan fingerprint density at radius 2 is 1.94 bits per heavy atom. The third kappa shape index (κ3) is 1.61. The first kappa shape index (κ1) is 11.5. The molecule has 1 saturated heterocycles. The van der Waals surface area contributed by atoms with Gasteiger partial charge in [-0.25, -0.2) is 13.2 Å². The molecule has 1 nitrogen and oxygen atoms in total. The molecular weight excluding hydrogens is 215 g/mol. The highest BCUT2D eigenvalue weighted by Crippen LogP contribution is 2.43. The van der Waals surface area contributed by atoms with Crippen molar-refractivity contribution in [3.05, 3.63) is 35.6 Å². The summed E-state index contributed by atoms with van der Waals surface area (Å²) in [6.07, 6.45) is 0.210. The van der Waals surface area contributed by atoms with Crippen LogP contribution in [0, 0.1) is 5.82 Å². The van der Waals surface area contributed by atoms with Gasteiger partial charge < -0.3 is 5.32 Å². The molecule has 0 spiro atoms. The van der Waals surface area contributed by atoms with E-state index < -0.39 is 17.3 Å². The number of halogens is 3. The molecule has 1 unspecified atom stereocenters. The third-order valence-corrected chi connectivity index (χ3v) is 3.29. The summed E-state index contributed by atoms with van der Waals surface area (Å²) >= 11 is 0.